The van der Waals surface area contributed by atoms with Crippen LogP contribution in [0.5, 0.6) is 5.75 Å². The maximum atomic E-state index is 10.4. The molecule has 60 valence electrons. The van der Waals surface area contributed by atoms with Crippen molar-refractivity contribution in [2.45, 2.75) is 0 Å². The van der Waals surface area contributed by atoms with Gasteiger partial charge in [-0.15, -0.1) is 12.4 Å². The second-order valence-electron chi connectivity index (χ2n) is 1.83. The van der Waals surface area contributed by atoms with Gasteiger partial charge >= 0.3 is 64.3 Å². The Morgan fingerprint density at radius 2 is 2.09 bits per heavy atom. The first-order valence-electron chi connectivity index (χ1n) is 2.66. The molecular formula is C6H7AsClNO2. The van der Waals surface area contributed by atoms with Crippen LogP contribution in [-0.2, 0) is 3.74 Å². The molecule has 0 aliphatic heterocycles. The summed E-state index contributed by atoms with van der Waals surface area (Å²) in [5.74, 6) is 0.0402. The van der Waals surface area contributed by atoms with Crippen LogP contribution in [0.4, 0.5) is 5.69 Å². The molecule has 0 bridgehead atoms. The van der Waals surface area contributed by atoms with Gasteiger partial charge in [0.15, 0.2) is 0 Å². The van der Waals surface area contributed by atoms with Crippen molar-refractivity contribution in [1.82, 2.24) is 0 Å². The number of phenolic OH excluding ortho intramolecular Hbond substituents is 1. The summed E-state index contributed by atoms with van der Waals surface area (Å²) in [4.78, 5) is 0. The number of anilines is 1. The summed E-state index contributed by atoms with van der Waals surface area (Å²) in [6, 6.07) is 4.55. The van der Waals surface area contributed by atoms with E-state index in [0.717, 1.165) is 0 Å². The van der Waals surface area contributed by atoms with Gasteiger partial charge in [-0.05, 0) is 0 Å². The first kappa shape index (κ1) is 10.5. The van der Waals surface area contributed by atoms with Crippen molar-refractivity contribution in [2.24, 2.45) is 0 Å². The van der Waals surface area contributed by atoms with Crippen LogP contribution in [0.1, 0.15) is 0 Å². The van der Waals surface area contributed by atoms with Crippen LogP contribution in [-0.4, -0.2) is 20.8 Å². The van der Waals surface area contributed by atoms with E-state index in [1.165, 1.54) is 12.1 Å². The third-order valence-corrected chi connectivity index (χ3v) is 2.14. The van der Waals surface area contributed by atoms with Crippen molar-refractivity contribution < 1.29 is 8.85 Å². The monoisotopic (exact) mass is 235 g/mol. The zero-order chi connectivity index (χ0) is 7.56. The van der Waals surface area contributed by atoms with Crippen LogP contribution in [0.25, 0.3) is 0 Å². The van der Waals surface area contributed by atoms with Gasteiger partial charge in [-0.3, -0.25) is 0 Å². The number of aromatic hydroxyl groups is 1. The van der Waals surface area contributed by atoms with Gasteiger partial charge in [-0.1, -0.05) is 0 Å². The molecule has 0 radical (unpaired) electrons. The molecule has 1 rings (SSSR count). The fourth-order valence-electron chi connectivity index (χ4n) is 0.599. The van der Waals surface area contributed by atoms with E-state index >= 15 is 0 Å². The molecule has 11 heavy (non-hydrogen) atoms. The molecule has 1 aromatic carbocycles. The summed E-state index contributed by atoms with van der Waals surface area (Å²) >= 11 is -1.03. The van der Waals surface area contributed by atoms with E-state index in [0.29, 0.717) is 4.35 Å². The zero-order valence-electron chi connectivity index (χ0n) is 5.52. The standard InChI is InChI=1S/C6H6AsNO2.ClH/c8-5-3-4(7-10)1-2-6(5)9;/h1-3,9H,8H2;1H. The zero-order valence-corrected chi connectivity index (χ0v) is 8.21. The second kappa shape index (κ2) is 4.37. The van der Waals surface area contributed by atoms with Crippen LogP contribution in [0, 0.1) is 0 Å². The predicted octanol–water partition coefficient (Wildman–Crippen LogP) is 0.0712. The second-order valence-corrected chi connectivity index (χ2v) is 3.30. The number of halogens is 1. The Morgan fingerprint density at radius 3 is 2.55 bits per heavy atom. The number of hydrogen-bond donors (Lipinski definition) is 2. The van der Waals surface area contributed by atoms with E-state index < -0.39 is 15.7 Å². The number of nitrogen functional groups attached to an aromatic ring is 1. The third-order valence-electron chi connectivity index (χ3n) is 1.12. The van der Waals surface area contributed by atoms with E-state index in [1.807, 2.05) is 0 Å². The fraction of sp³-hybridized carbons (Fsp3) is 0. The molecule has 0 amide bonds. The molecule has 0 saturated heterocycles. The molecule has 0 aliphatic rings. The molecule has 0 fully saturated rings. The van der Waals surface area contributed by atoms with Crippen molar-refractivity contribution in [2.75, 3.05) is 5.73 Å². The molecule has 3 nitrogen and oxygen atoms in total. The van der Waals surface area contributed by atoms with E-state index in [2.05, 4.69) is 0 Å². The van der Waals surface area contributed by atoms with E-state index in [1.54, 1.807) is 6.07 Å². The summed E-state index contributed by atoms with van der Waals surface area (Å²) in [5.41, 5.74) is 5.60. The van der Waals surface area contributed by atoms with E-state index in [4.69, 9.17) is 10.8 Å². The van der Waals surface area contributed by atoms with Gasteiger partial charge in [0, 0.05) is 0 Å². The normalized spacial score (nSPS) is 9.09. The summed E-state index contributed by atoms with van der Waals surface area (Å²) in [7, 11) is 0. The van der Waals surface area contributed by atoms with E-state index in [-0.39, 0.29) is 23.8 Å². The molecule has 0 heterocycles. The van der Waals surface area contributed by atoms with Crippen LogP contribution < -0.4 is 10.1 Å². The topological polar surface area (TPSA) is 63.3 Å². The van der Waals surface area contributed by atoms with Gasteiger partial charge in [0.05, 0.1) is 0 Å². The number of nitrogens with two attached hydrogens (primary N) is 1. The van der Waals surface area contributed by atoms with Crippen LogP contribution in [0.2, 0.25) is 0 Å². The molecule has 0 saturated carbocycles. The summed E-state index contributed by atoms with van der Waals surface area (Å²) < 4.78 is 11.0. The summed E-state index contributed by atoms with van der Waals surface area (Å²) in [5, 5.41) is 8.92. The Balaban J connectivity index is 0.000001000. The van der Waals surface area contributed by atoms with Gasteiger partial charge in [-0.25, -0.2) is 0 Å². The number of phenols is 1. The molecule has 0 aromatic heterocycles. The SMILES string of the molecule is Cl.Nc1cc([As]=O)ccc1O. The van der Waals surface area contributed by atoms with Crippen molar-refractivity contribution in [3.05, 3.63) is 18.2 Å². The van der Waals surface area contributed by atoms with Crippen molar-refractivity contribution >= 4 is 38.1 Å². The summed E-state index contributed by atoms with van der Waals surface area (Å²) in [6.07, 6.45) is 0. The molecule has 3 N–H and O–H groups in total. The fourth-order valence-corrected chi connectivity index (χ4v) is 1.29. The average molecular weight is 236 g/mol. The van der Waals surface area contributed by atoms with Crippen LogP contribution >= 0.6 is 12.4 Å². The third kappa shape index (κ3) is 2.52. The quantitative estimate of drug-likeness (QED) is 0.411. The Kier molecular flexibility index (Phi) is 4.16. The van der Waals surface area contributed by atoms with Crippen molar-refractivity contribution in [3.63, 3.8) is 0 Å². The molecule has 0 spiro atoms. The van der Waals surface area contributed by atoms with Gasteiger partial charge in [0.1, 0.15) is 0 Å². The number of hydrogen-bond acceptors (Lipinski definition) is 3. The van der Waals surface area contributed by atoms with Gasteiger partial charge < -0.3 is 0 Å². The molecule has 0 aliphatic carbocycles. The minimum atomic E-state index is -1.03. The molecule has 1 aromatic rings. The van der Waals surface area contributed by atoms with Gasteiger partial charge in [0.25, 0.3) is 0 Å². The minimum absolute atomic E-state index is 0. The Hall–Kier alpha value is -0.532. The Labute approximate surface area is 76.9 Å². The van der Waals surface area contributed by atoms with Crippen molar-refractivity contribution in [3.8, 4) is 5.75 Å². The summed E-state index contributed by atoms with van der Waals surface area (Å²) in [6.45, 7) is 0. The first-order chi connectivity index (χ1) is 4.74. The average Bonchev–Trinajstić information content (AvgIpc) is 1.95. The predicted molar refractivity (Wildman–Crippen MR) is 45.8 cm³/mol. The van der Waals surface area contributed by atoms with Crippen molar-refractivity contribution in [1.29, 1.82) is 0 Å². The molecular weight excluding hydrogens is 228 g/mol. The Bertz CT molecular complexity index is 267. The van der Waals surface area contributed by atoms with Crippen LogP contribution in [0.3, 0.4) is 0 Å². The number of rotatable bonds is 1. The Morgan fingerprint density at radius 1 is 1.45 bits per heavy atom. The van der Waals surface area contributed by atoms with Crippen LogP contribution in [0.15, 0.2) is 18.2 Å². The molecule has 5 heteroatoms. The van der Waals surface area contributed by atoms with E-state index in [9.17, 15) is 3.74 Å². The maximum absolute atomic E-state index is 10.4. The van der Waals surface area contributed by atoms with Gasteiger partial charge in [0.2, 0.25) is 0 Å². The number of benzene rings is 1. The first-order valence-corrected chi connectivity index (χ1v) is 4.36. The van der Waals surface area contributed by atoms with Gasteiger partial charge in [-0.2, -0.15) is 0 Å². The molecule has 0 atom stereocenters. The molecule has 0 unspecified atom stereocenters.